The van der Waals surface area contributed by atoms with Crippen LogP contribution in [0.1, 0.15) is 0 Å². The summed E-state index contributed by atoms with van der Waals surface area (Å²) in [4.78, 5) is 0. The summed E-state index contributed by atoms with van der Waals surface area (Å²) in [5, 5.41) is 0. The van der Waals surface area contributed by atoms with Crippen molar-refractivity contribution in [3.05, 3.63) is 48.6 Å². The maximum absolute atomic E-state index is 5.52. The second-order valence-corrected chi connectivity index (χ2v) is 3.00. The topological polar surface area (TPSA) is 9.23 Å². The second kappa shape index (κ2) is 1.74. The number of ether oxygens (including phenoxy) is 1. The number of rotatable bonds is 0. The molecule has 2 aliphatic heterocycles. The molecule has 0 aromatic carbocycles. The van der Waals surface area contributed by atoms with Gasteiger partial charge in [-0.3, -0.25) is 0 Å². The van der Waals surface area contributed by atoms with E-state index in [9.17, 15) is 0 Å². The molecule has 2 bridgehead atoms. The van der Waals surface area contributed by atoms with E-state index in [1.165, 1.54) is 0 Å². The molecule has 1 nitrogen and oxygen atoms in total. The zero-order valence-corrected chi connectivity index (χ0v) is 6.39. The van der Waals surface area contributed by atoms with Crippen molar-refractivity contribution < 1.29 is 4.74 Å². The van der Waals surface area contributed by atoms with Crippen LogP contribution in [0.25, 0.3) is 0 Å². The molecule has 2 rings (SSSR count). The minimum atomic E-state index is -0.0278. The van der Waals surface area contributed by atoms with Gasteiger partial charge < -0.3 is 4.74 Å². The van der Waals surface area contributed by atoms with E-state index < -0.39 is 0 Å². The van der Waals surface area contributed by atoms with Crippen molar-refractivity contribution in [2.24, 2.45) is 0 Å². The number of hydrogen-bond acceptors (Lipinski definition) is 1. The van der Waals surface area contributed by atoms with Crippen molar-refractivity contribution >= 4 is 0 Å². The van der Waals surface area contributed by atoms with Crippen molar-refractivity contribution in [3.8, 4) is 0 Å². The molecule has 0 aliphatic carbocycles. The average Bonchev–Trinajstić information content (AvgIpc) is 2.40. The van der Waals surface area contributed by atoms with Gasteiger partial charge in [-0.2, -0.15) is 0 Å². The highest BCUT2D eigenvalue weighted by molar-refractivity contribution is 5.59. The third kappa shape index (κ3) is 0.589. The van der Waals surface area contributed by atoms with E-state index in [0.717, 1.165) is 22.3 Å². The summed E-state index contributed by atoms with van der Waals surface area (Å²) in [5.41, 5.74) is 3.86. The predicted molar refractivity (Wildman–Crippen MR) is 45.2 cm³/mol. The maximum Gasteiger partial charge on any atom is 0.108 e. The Balaban J connectivity index is 2.50. The van der Waals surface area contributed by atoms with Gasteiger partial charge >= 0.3 is 0 Å². The molecular weight excluding hydrogens is 136 g/mol. The first-order valence-corrected chi connectivity index (χ1v) is 3.54. The van der Waals surface area contributed by atoms with Crippen LogP contribution in [0.4, 0.5) is 0 Å². The predicted octanol–water partition coefficient (Wildman–Crippen LogP) is 1.99. The first-order valence-electron chi connectivity index (χ1n) is 3.54. The molecule has 56 valence electrons. The Morgan fingerprint density at radius 2 is 1.00 bits per heavy atom. The monoisotopic (exact) mass is 146 g/mol. The van der Waals surface area contributed by atoms with E-state index in [-0.39, 0.29) is 12.2 Å². The highest BCUT2D eigenvalue weighted by Gasteiger charge is 2.43. The van der Waals surface area contributed by atoms with Gasteiger partial charge in [-0.25, -0.2) is 0 Å². The van der Waals surface area contributed by atoms with Crippen molar-refractivity contribution in [1.82, 2.24) is 0 Å². The van der Waals surface area contributed by atoms with Crippen molar-refractivity contribution in [2.75, 3.05) is 0 Å². The summed E-state index contributed by atoms with van der Waals surface area (Å²) in [6.07, 6.45) is -0.0556. The molecule has 0 aromatic heterocycles. The first-order chi connectivity index (χ1) is 5.13. The van der Waals surface area contributed by atoms with Gasteiger partial charge in [-0.1, -0.05) is 26.3 Å². The van der Waals surface area contributed by atoms with E-state index in [2.05, 4.69) is 26.3 Å². The zero-order chi connectivity index (χ0) is 8.17. The lowest BCUT2D eigenvalue weighted by Gasteiger charge is -2.15. The molecule has 2 heterocycles. The Morgan fingerprint density at radius 1 is 0.727 bits per heavy atom. The maximum atomic E-state index is 5.52. The van der Waals surface area contributed by atoms with Gasteiger partial charge in [0.05, 0.1) is 0 Å². The largest absolute Gasteiger partial charge is 0.356 e. The number of hydrogen-bond donors (Lipinski definition) is 0. The van der Waals surface area contributed by atoms with Crippen LogP contribution < -0.4 is 0 Å². The lowest BCUT2D eigenvalue weighted by atomic mass is 9.85. The Bertz CT molecular complexity index is 238. The van der Waals surface area contributed by atoms with Crippen LogP contribution in [0.3, 0.4) is 0 Å². The molecular formula is C10H10O. The fourth-order valence-corrected chi connectivity index (χ4v) is 1.56. The van der Waals surface area contributed by atoms with Crippen LogP contribution in [-0.2, 0) is 4.74 Å². The van der Waals surface area contributed by atoms with Crippen LogP contribution in [-0.4, -0.2) is 12.2 Å². The van der Waals surface area contributed by atoms with Crippen LogP contribution in [0.15, 0.2) is 48.6 Å². The molecule has 0 saturated carbocycles. The van der Waals surface area contributed by atoms with Crippen molar-refractivity contribution in [1.29, 1.82) is 0 Å². The molecule has 2 aliphatic rings. The normalized spacial score (nSPS) is 35.6. The Labute approximate surface area is 66.4 Å². The van der Waals surface area contributed by atoms with Crippen LogP contribution in [0, 0.1) is 0 Å². The third-order valence-electron chi connectivity index (χ3n) is 2.36. The van der Waals surface area contributed by atoms with E-state index in [4.69, 9.17) is 4.74 Å². The Hall–Kier alpha value is -1.08. The van der Waals surface area contributed by atoms with Gasteiger partial charge in [0.25, 0.3) is 0 Å². The SMILES string of the molecule is C=C1C(=C)C2OC1C(=C)C2=C. The van der Waals surface area contributed by atoms with E-state index in [1.54, 1.807) is 0 Å². The first kappa shape index (κ1) is 6.62. The standard InChI is InChI=1S/C10H10O/c1-5-6(2)10-8(4)7(3)9(5)11-10/h9-10H,1-4H2. The van der Waals surface area contributed by atoms with Crippen molar-refractivity contribution in [2.45, 2.75) is 12.2 Å². The van der Waals surface area contributed by atoms with Crippen LogP contribution in [0.2, 0.25) is 0 Å². The van der Waals surface area contributed by atoms with Gasteiger partial charge in [-0.15, -0.1) is 0 Å². The van der Waals surface area contributed by atoms with E-state index in [0.29, 0.717) is 0 Å². The van der Waals surface area contributed by atoms with Crippen LogP contribution in [0.5, 0.6) is 0 Å². The molecule has 0 amide bonds. The molecule has 0 N–H and O–H groups in total. The fourth-order valence-electron chi connectivity index (χ4n) is 1.56. The molecule has 0 aromatic rings. The quantitative estimate of drug-likeness (QED) is 0.508. The molecule has 0 spiro atoms. The Kier molecular flexibility index (Phi) is 1.05. The highest BCUT2D eigenvalue weighted by Crippen LogP contribution is 2.45. The van der Waals surface area contributed by atoms with Gasteiger partial charge in [0, 0.05) is 0 Å². The summed E-state index contributed by atoms with van der Waals surface area (Å²) < 4.78 is 5.52. The molecule has 0 unspecified atom stereocenters. The zero-order valence-electron chi connectivity index (χ0n) is 6.39. The summed E-state index contributed by atoms with van der Waals surface area (Å²) >= 11 is 0. The molecule has 0 radical (unpaired) electrons. The summed E-state index contributed by atoms with van der Waals surface area (Å²) in [5.74, 6) is 0. The van der Waals surface area contributed by atoms with Gasteiger partial charge in [0.1, 0.15) is 12.2 Å². The summed E-state index contributed by atoms with van der Waals surface area (Å²) in [6.45, 7) is 15.5. The second-order valence-electron chi connectivity index (χ2n) is 3.00. The highest BCUT2D eigenvalue weighted by atomic mass is 16.5. The summed E-state index contributed by atoms with van der Waals surface area (Å²) in [7, 11) is 0. The summed E-state index contributed by atoms with van der Waals surface area (Å²) in [6, 6.07) is 0. The minimum Gasteiger partial charge on any atom is -0.356 e. The minimum absolute atomic E-state index is 0.0278. The van der Waals surface area contributed by atoms with Gasteiger partial charge in [-0.05, 0) is 22.3 Å². The molecule has 0 atom stereocenters. The molecule has 1 heteroatoms. The number of fused-ring (bicyclic) bond motifs is 2. The van der Waals surface area contributed by atoms with Crippen molar-refractivity contribution in [3.63, 3.8) is 0 Å². The fraction of sp³-hybridized carbons (Fsp3) is 0.200. The Morgan fingerprint density at radius 3 is 1.18 bits per heavy atom. The lowest BCUT2D eigenvalue weighted by molar-refractivity contribution is 0.141. The lowest BCUT2D eigenvalue weighted by Crippen LogP contribution is -2.11. The molecule has 2 saturated heterocycles. The van der Waals surface area contributed by atoms with E-state index in [1.807, 2.05) is 0 Å². The smallest absolute Gasteiger partial charge is 0.108 e. The van der Waals surface area contributed by atoms with Gasteiger partial charge in [0.2, 0.25) is 0 Å². The average molecular weight is 146 g/mol. The van der Waals surface area contributed by atoms with E-state index >= 15 is 0 Å². The third-order valence-corrected chi connectivity index (χ3v) is 2.36. The molecule has 11 heavy (non-hydrogen) atoms. The van der Waals surface area contributed by atoms with Crippen LogP contribution >= 0.6 is 0 Å². The molecule has 2 fully saturated rings. The van der Waals surface area contributed by atoms with Gasteiger partial charge in [0.15, 0.2) is 0 Å².